The van der Waals surface area contributed by atoms with Crippen LogP contribution in [0.4, 0.5) is 17.8 Å². The van der Waals surface area contributed by atoms with Gasteiger partial charge in [-0.15, -0.1) is 0 Å². The molecule has 10 heteroatoms. The van der Waals surface area contributed by atoms with Gasteiger partial charge in [0.2, 0.25) is 17.8 Å². The summed E-state index contributed by atoms with van der Waals surface area (Å²) in [5.41, 5.74) is 15.4. The predicted octanol–water partition coefficient (Wildman–Crippen LogP) is -1.20. The van der Waals surface area contributed by atoms with Crippen molar-refractivity contribution in [3.63, 3.8) is 0 Å². The Morgan fingerprint density at radius 1 is 1.07 bits per heavy atom. The lowest BCUT2D eigenvalue weighted by Gasteiger charge is -1.93. The Kier molecular flexibility index (Phi) is 4.92. The van der Waals surface area contributed by atoms with Gasteiger partial charge in [0.15, 0.2) is 0 Å². The van der Waals surface area contributed by atoms with Crippen LogP contribution in [0, 0.1) is 0 Å². The van der Waals surface area contributed by atoms with Crippen molar-refractivity contribution in [2.24, 2.45) is 0 Å². The lowest BCUT2D eigenvalue weighted by molar-refractivity contribution is 0.375. The van der Waals surface area contributed by atoms with Crippen LogP contribution in [0.15, 0.2) is 0 Å². The fourth-order valence-corrected chi connectivity index (χ4v) is 0.427. The molecular formula is C5H13N6O3P. The first-order valence-electron chi connectivity index (χ1n) is 3.81. The lowest BCUT2D eigenvalue weighted by atomic mass is 10.9. The normalized spacial score (nSPS) is 10.3. The third kappa shape index (κ3) is 7.62. The van der Waals surface area contributed by atoms with Crippen molar-refractivity contribution in [3.8, 4) is 0 Å². The standard InChI is InChI=1S/C3H6N6.C2H7O3P/c4-1-7-2(5)9-3(6)8-1;1-2-6(3,4)5/h(H6,4,5,6,7,8,9);2H2,1H3,(H2,3,4,5). The summed E-state index contributed by atoms with van der Waals surface area (Å²) in [5.74, 6) is 0.125. The summed E-state index contributed by atoms with van der Waals surface area (Å²) >= 11 is 0. The molecule has 8 N–H and O–H groups in total. The molecule has 0 unspecified atom stereocenters. The Hall–Kier alpha value is -1.44. The van der Waals surface area contributed by atoms with Crippen molar-refractivity contribution in [1.29, 1.82) is 0 Å². The highest BCUT2D eigenvalue weighted by atomic mass is 31.2. The van der Waals surface area contributed by atoms with Gasteiger partial charge in [0, 0.05) is 6.16 Å². The topological polar surface area (TPSA) is 174 Å². The van der Waals surface area contributed by atoms with E-state index >= 15 is 0 Å². The first kappa shape index (κ1) is 13.6. The lowest BCUT2D eigenvalue weighted by Crippen LogP contribution is -2.05. The summed E-state index contributed by atoms with van der Waals surface area (Å²) < 4.78 is 9.69. The van der Waals surface area contributed by atoms with Gasteiger partial charge in [0.05, 0.1) is 0 Å². The SMILES string of the molecule is CCP(=O)(O)O.Nc1nc(N)nc(N)n1. The van der Waals surface area contributed by atoms with Crippen LogP contribution in [-0.4, -0.2) is 30.9 Å². The van der Waals surface area contributed by atoms with Crippen LogP contribution in [0.25, 0.3) is 0 Å². The van der Waals surface area contributed by atoms with Crippen LogP contribution in [0.5, 0.6) is 0 Å². The summed E-state index contributed by atoms with van der Waals surface area (Å²) in [4.78, 5) is 26.3. The van der Waals surface area contributed by atoms with Crippen molar-refractivity contribution < 1.29 is 14.4 Å². The van der Waals surface area contributed by atoms with Gasteiger partial charge in [0.25, 0.3) is 0 Å². The molecule has 0 amide bonds. The van der Waals surface area contributed by atoms with Crippen molar-refractivity contribution in [2.75, 3.05) is 23.4 Å². The average molecular weight is 236 g/mol. The highest BCUT2D eigenvalue weighted by molar-refractivity contribution is 7.51. The summed E-state index contributed by atoms with van der Waals surface area (Å²) in [7, 11) is -3.65. The summed E-state index contributed by atoms with van der Waals surface area (Å²) in [6.07, 6.45) is -0.0625. The summed E-state index contributed by atoms with van der Waals surface area (Å²) in [6, 6.07) is 0. The van der Waals surface area contributed by atoms with E-state index in [1.54, 1.807) is 0 Å². The van der Waals surface area contributed by atoms with E-state index in [9.17, 15) is 4.57 Å². The summed E-state index contributed by atoms with van der Waals surface area (Å²) in [6.45, 7) is 1.45. The van der Waals surface area contributed by atoms with Gasteiger partial charge in [-0.3, -0.25) is 4.57 Å². The van der Waals surface area contributed by atoms with E-state index in [-0.39, 0.29) is 24.0 Å². The van der Waals surface area contributed by atoms with E-state index in [1.807, 2.05) is 0 Å². The molecule has 0 fully saturated rings. The van der Waals surface area contributed by atoms with Gasteiger partial charge in [-0.2, -0.15) is 15.0 Å². The number of nitrogens with two attached hydrogens (primary N) is 3. The molecule has 1 aromatic heterocycles. The molecule has 9 nitrogen and oxygen atoms in total. The predicted molar refractivity (Wildman–Crippen MR) is 55.6 cm³/mol. The van der Waals surface area contributed by atoms with Gasteiger partial charge in [-0.1, -0.05) is 6.92 Å². The fourth-order valence-electron chi connectivity index (χ4n) is 0.427. The minimum atomic E-state index is -3.65. The maximum Gasteiger partial charge on any atom is 0.325 e. The molecule has 1 rings (SSSR count). The Morgan fingerprint density at radius 2 is 1.27 bits per heavy atom. The molecular weight excluding hydrogens is 223 g/mol. The van der Waals surface area contributed by atoms with Gasteiger partial charge in [-0.05, 0) is 0 Å². The molecule has 0 radical (unpaired) electrons. The Labute approximate surface area is 85.9 Å². The van der Waals surface area contributed by atoms with E-state index in [0.717, 1.165) is 0 Å². The molecule has 0 atom stereocenters. The summed E-state index contributed by atoms with van der Waals surface area (Å²) in [5, 5.41) is 0. The smallest absolute Gasteiger partial charge is 0.325 e. The first-order chi connectivity index (χ1) is 6.74. The molecule has 0 aromatic carbocycles. The second-order valence-electron chi connectivity index (χ2n) is 2.39. The Morgan fingerprint density at radius 3 is 1.40 bits per heavy atom. The zero-order valence-electron chi connectivity index (χ0n) is 8.03. The van der Waals surface area contributed by atoms with E-state index in [1.165, 1.54) is 6.92 Å². The van der Waals surface area contributed by atoms with Crippen LogP contribution >= 0.6 is 7.60 Å². The molecule has 15 heavy (non-hydrogen) atoms. The van der Waals surface area contributed by atoms with Crippen LogP contribution in [0.2, 0.25) is 0 Å². The van der Waals surface area contributed by atoms with Crippen LogP contribution in [-0.2, 0) is 4.57 Å². The number of rotatable bonds is 1. The third-order valence-corrected chi connectivity index (χ3v) is 1.92. The maximum atomic E-state index is 9.69. The Bertz CT molecular complexity index is 315. The Balaban J connectivity index is 0.000000288. The quantitative estimate of drug-likeness (QED) is 0.375. The molecule has 0 saturated heterocycles. The van der Waals surface area contributed by atoms with Gasteiger partial charge in [0.1, 0.15) is 0 Å². The van der Waals surface area contributed by atoms with Gasteiger partial charge >= 0.3 is 7.60 Å². The first-order valence-corrected chi connectivity index (χ1v) is 5.61. The molecule has 0 aliphatic rings. The van der Waals surface area contributed by atoms with Crippen molar-refractivity contribution in [3.05, 3.63) is 0 Å². The fraction of sp³-hybridized carbons (Fsp3) is 0.400. The van der Waals surface area contributed by atoms with E-state index in [4.69, 9.17) is 27.0 Å². The van der Waals surface area contributed by atoms with Gasteiger partial charge in [-0.25, -0.2) is 0 Å². The number of anilines is 3. The highest BCUT2D eigenvalue weighted by Crippen LogP contribution is 2.32. The highest BCUT2D eigenvalue weighted by Gasteiger charge is 2.05. The second kappa shape index (κ2) is 5.44. The number of nitrogen functional groups attached to an aromatic ring is 3. The zero-order valence-corrected chi connectivity index (χ0v) is 8.93. The molecule has 86 valence electrons. The van der Waals surface area contributed by atoms with Crippen LogP contribution in [0.1, 0.15) is 6.92 Å². The van der Waals surface area contributed by atoms with E-state index in [0.29, 0.717) is 0 Å². The molecule has 1 aromatic rings. The number of aromatic nitrogens is 3. The molecule has 0 spiro atoms. The minimum Gasteiger partial charge on any atom is -0.368 e. The molecule has 0 aliphatic heterocycles. The zero-order chi connectivity index (χ0) is 12.1. The maximum absolute atomic E-state index is 9.69. The van der Waals surface area contributed by atoms with Crippen LogP contribution in [0.3, 0.4) is 0 Å². The number of hydrogen-bond acceptors (Lipinski definition) is 7. The van der Waals surface area contributed by atoms with Gasteiger partial charge < -0.3 is 27.0 Å². The molecule has 0 aliphatic carbocycles. The van der Waals surface area contributed by atoms with Crippen LogP contribution < -0.4 is 17.2 Å². The monoisotopic (exact) mass is 236 g/mol. The molecule has 1 heterocycles. The second-order valence-corrected chi connectivity index (χ2v) is 4.35. The van der Waals surface area contributed by atoms with Crippen molar-refractivity contribution in [1.82, 2.24) is 15.0 Å². The third-order valence-electron chi connectivity index (χ3n) is 1.10. The van der Waals surface area contributed by atoms with Crippen molar-refractivity contribution in [2.45, 2.75) is 6.92 Å². The molecule has 0 saturated carbocycles. The van der Waals surface area contributed by atoms with Crippen molar-refractivity contribution >= 4 is 25.4 Å². The largest absolute Gasteiger partial charge is 0.368 e. The number of hydrogen-bond donors (Lipinski definition) is 5. The average Bonchev–Trinajstić information content (AvgIpc) is 2.01. The van der Waals surface area contributed by atoms with E-state index in [2.05, 4.69) is 15.0 Å². The van der Waals surface area contributed by atoms with E-state index < -0.39 is 7.60 Å². The molecule has 0 bridgehead atoms. The minimum absolute atomic E-state index is 0.0417. The number of nitrogens with zero attached hydrogens (tertiary/aromatic N) is 3.